The van der Waals surface area contributed by atoms with Gasteiger partial charge in [-0.1, -0.05) is 42.0 Å². The summed E-state index contributed by atoms with van der Waals surface area (Å²) in [5.41, 5.74) is 4.70. The van der Waals surface area contributed by atoms with E-state index in [0.717, 1.165) is 31.7 Å². The van der Waals surface area contributed by atoms with Crippen molar-refractivity contribution in [2.75, 3.05) is 58.8 Å². The molecule has 0 aliphatic carbocycles. The second-order valence-corrected chi connectivity index (χ2v) is 8.31. The first-order valence-corrected chi connectivity index (χ1v) is 10.4. The van der Waals surface area contributed by atoms with Crippen LogP contribution in [0.1, 0.15) is 22.7 Å². The van der Waals surface area contributed by atoms with E-state index in [1.807, 2.05) is 12.1 Å². The average Bonchev–Trinajstić information content (AvgIpc) is 2.70. The minimum Gasteiger partial charge on any atom is -0.378 e. The van der Waals surface area contributed by atoms with Gasteiger partial charge in [0.05, 0.1) is 12.5 Å². The summed E-state index contributed by atoms with van der Waals surface area (Å²) >= 11 is 0. The molecule has 1 fully saturated rings. The molecule has 0 radical (unpaired) electrons. The van der Waals surface area contributed by atoms with Crippen LogP contribution < -0.4 is 10.2 Å². The number of hydrogen-bond donors (Lipinski definition) is 1. The number of likely N-dealkylation sites (N-methyl/N-ethyl adjacent to an activating group) is 1. The predicted molar refractivity (Wildman–Crippen MR) is 120 cm³/mol. The maximum absolute atomic E-state index is 12.6. The van der Waals surface area contributed by atoms with Crippen molar-refractivity contribution in [3.05, 3.63) is 65.2 Å². The van der Waals surface area contributed by atoms with Gasteiger partial charge >= 0.3 is 0 Å². The van der Waals surface area contributed by atoms with Gasteiger partial charge in [0.1, 0.15) is 0 Å². The van der Waals surface area contributed by atoms with Crippen LogP contribution in [0.5, 0.6) is 0 Å². The number of nitrogens with zero attached hydrogens (tertiary/aromatic N) is 3. The highest BCUT2D eigenvalue weighted by Crippen LogP contribution is 2.24. The topological polar surface area (TPSA) is 38.8 Å². The number of nitrogens with one attached hydrogen (secondary N) is 1. The quantitative estimate of drug-likeness (QED) is 0.784. The van der Waals surface area contributed by atoms with Crippen molar-refractivity contribution in [2.24, 2.45) is 0 Å². The number of amides is 1. The first-order valence-electron chi connectivity index (χ1n) is 10.4. The summed E-state index contributed by atoms with van der Waals surface area (Å²) in [6, 6.07) is 17.1. The van der Waals surface area contributed by atoms with Gasteiger partial charge in [-0.15, -0.1) is 0 Å². The standard InChI is InChI=1S/C24H34N4O/c1-19-6-5-7-20(16-19)17-24(29)25-18-23(28-14-12-27(4)13-15-28)21-8-10-22(11-9-21)26(2)3/h5-11,16,23H,12-15,17-18H2,1-4H3,(H,25,29)/t23-/m0/s1. The average molecular weight is 395 g/mol. The van der Waals surface area contributed by atoms with E-state index in [4.69, 9.17) is 0 Å². The Bertz CT molecular complexity index is 795. The van der Waals surface area contributed by atoms with Gasteiger partial charge < -0.3 is 15.1 Å². The fourth-order valence-electron chi connectivity index (χ4n) is 3.87. The van der Waals surface area contributed by atoms with Crippen LogP contribution in [0.15, 0.2) is 48.5 Å². The van der Waals surface area contributed by atoms with Gasteiger partial charge in [0.25, 0.3) is 0 Å². The molecule has 5 heteroatoms. The number of rotatable bonds is 7. The normalized spacial score (nSPS) is 16.4. The summed E-state index contributed by atoms with van der Waals surface area (Å²) in [6.45, 7) is 6.85. The smallest absolute Gasteiger partial charge is 0.224 e. The molecule has 1 N–H and O–H groups in total. The summed E-state index contributed by atoms with van der Waals surface area (Å²) in [6.07, 6.45) is 0.427. The highest BCUT2D eigenvalue weighted by Gasteiger charge is 2.24. The molecular formula is C24H34N4O. The highest BCUT2D eigenvalue weighted by atomic mass is 16.1. The molecule has 1 saturated heterocycles. The molecule has 29 heavy (non-hydrogen) atoms. The molecule has 0 spiro atoms. The second-order valence-electron chi connectivity index (χ2n) is 8.31. The van der Waals surface area contributed by atoms with Gasteiger partial charge in [0, 0.05) is 52.5 Å². The Morgan fingerprint density at radius 3 is 2.38 bits per heavy atom. The molecule has 156 valence electrons. The Morgan fingerprint density at radius 2 is 1.76 bits per heavy atom. The molecule has 0 bridgehead atoms. The maximum Gasteiger partial charge on any atom is 0.224 e. The maximum atomic E-state index is 12.6. The van der Waals surface area contributed by atoms with E-state index < -0.39 is 0 Å². The molecule has 2 aromatic carbocycles. The van der Waals surface area contributed by atoms with Crippen molar-refractivity contribution in [1.29, 1.82) is 0 Å². The lowest BCUT2D eigenvalue weighted by Gasteiger charge is -2.38. The van der Waals surface area contributed by atoms with Gasteiger partial charge in [-0.3, -0.25) is 9.69 Å². The minimum atomic E-state index is 0.0830. The van der Waals surface area contributed by atoms with Crippen LogP contribution in [0, 0.1) is 6.92 Å². The Balaban J connectivity index is 1.68. The number of carbonyl (C=O) groups is 1. The third-order valence-electron chi connectivity index (χ3n) is 5.71. The molecular weight excluding hydrogens is 360 g/mol. The van der Waals surface area contributed by atoms with Gasteiger partial charge in [-0.2, -0.15) is 0 Å². The zero-order valence-corrected chi connectivity index (χ0v) is 18.2. The fraction of sp³-hybridized carbons (Fsp3) is 0.458. The monoisotopic (exact) mass is 394 g/mol. The Hall–Kier alpha value is -2.37. The van der Waals surface area contributed by atoms with Crippen LogP contribution >= 0.6 is 0 Å². The van der Waals surface area contributed by atoms with E-state index in [9.17, 15) is 4.79 Å². The molecule has 3 rings (SSSR count). The first kappa shape index (κ1) is 21.3. The third-order valence-corrected chi connectivity index (χ3v) is 5.71. The molecule has 1 aliphatic rings. The van der Waals surface area contributed by atoms with Crippen LogP contribution in [0.25, 0.3) is 0 Å². The van der Waals surface area contributed by atoms with Crippen molar-refractivity contribution in [3.8, 4) is 0 Å². The molecule has 2 aromatic rings. The van der Waals surface area contributed by atoms with Crippen LogP contribution in [0.4, 0.5) is 5.69 Å². The largest absolute Gasteiger partial charge is 0.378 e. The summed E-state index contributed by atoms with van der Waals surface area (Å²) in [5.74, 6) is 0.0830. The number of hydrogen-bond acceptors (Lipinski definition) is 4. The van der Waals surface area contributed by atoms with Gasteiger partial charge in [-0.05, 0) is 37.2 Å². The summed E-state index contributed by atoms with van der Waals surface area (Å²) in [4.78, 5) is 19.6. The third kappa shape index (κ3) is 6.05. The van der Waals surface area contributed by atoms with E-state index in [0.29, 0.717) is 13.0 Å². The fourth-order valence-corrected chi connectivity index (χ4v) is 3.87. The van der Waals surface area contributed by atoms with Crippen molar-refractivity contribution in [1.82, 2.24) is 15.1 Å². The van der Waals surface area contributed by atoms with Gasteiger partial charge in [0.2, 0.25) is 5.91 Å². The van der Waals surface area contributed by atoms with Crippen LogP contribution in [-0.2, 0) is 11.2 Å². The molecule has 0 saturated carbocycles. The lowest BCUT2D eigenvalue weighted by Crippen LogP contribution is -2.48. The van der Waals surface area contributed by atoms with E-state index >= 15 is 0 Å². The zero-order valence-electron chi connectivity index (χ0n) is 18.2. The number of carbonyl (C=O) groups excluding carboxylic acids is 1. The van der Waals surface area contributed by atoms with E-state index in [-0.39, 0.29) is 11.9 Å². The summed E-state index contributed by atoms with van der Waals surface area (Å²) < 4.78 is 0. The number of aryl methyl sites for hydroxylation is 1. The molecule has 0 unspecified atom stereocenters. The molecule has 0 aromatic heterocycles. The molecule has 1 amide bonds. The Kier molecular flexibility index (Phi) is 7.29. The molecule has 5 nitrogen and oxygen atoms in total. The lowest BCUT2D eigenvalue weighted by atomic mass is 10.0. The summed E-state index contributed by atoms with van der Waals surface area (Å²) in [7, 11) is 6.28. The first-order chi connectivity index (χ1) is 13.9. The van der Waals surface area contributed by atoms with Crippen molar-refractivity contribution in [3.63, 3.8) is 0 Å². The van der Waals surface area contributed by atoms with Gasteiger partial charge in [-0.25, -0.2) is 0 Å². The Morgan fingerprint density at radius 1 is 1.07 bits per heavy atom. The van der Waals surface area contributed by atoms with Crippen molar-refractivity contribution in [2.45, 2.75) is 19.4 Å². The van der Waals surface area contributed by atoms with Crippen molar-refractivity contribution < 1.29 is 4.79 Å². The van der Waals surface area contributed by atoms with Crippen LogP contribution in [0.2, 0.25) is 0 Å². The number of piperazine rings is 1. The van der Waals surface area contributed by atoms with Crippen molar-refractivity contribution >= 4 is 11.6 Å². The molecule has 1 atom stereocenters. The van der Waals surface area contributed by atoms with Crippen LogP contribution in [-0.4, -0.2) is 69.6 Å². The SMILES string of the molecule is Cc1cccc(CC(=O)NC[C@@H](c2ccc(N(C)C)cc2)N2CCN(C)CC2)c1. The molecule has 1 heterocycles. The van der Waals surface area contributed by atoms with E-state index in [2.05, 4.69) is 84.5 Å². The van der Waals surface area contributed by atoms with E-state index in [1.165, 1.54) is 16.8 Å². The van der Waals surface area contributed by atoms with E-state index in [1.54, 1.807) is 0 Å². The lowest BCUT2D eigenvalue weighted by molar-refractivity contribution is -0.120. The number of benzene rings is 2. The Labute approximate surface area is 175 Å². The minimum absolute atomic E-state index is 0.0830. The summed E-state index contributed by atoms with van der Waals surface area (Å²) in [5, 5.41) is 3.19. The highest BCUT2D eigenvalue weighted by molar-refractivity contribution is 5.78. The zero-order chi connectivity index (χ0) is 20.8. The van der Waals surface area contributed by atoms with Gasteiger partial charge in [0.15, 0.2) is 0 Å². The predicted octanol–water partition coefficient (Wildman–Crippen LogP) is 2.71. The second kappa shape index (κ2) is 9.90. The number of anilines is 1. The molecule has 1 aliphatic heterocycles. The van der Waals surface area contributed by atoms with Crippen LogP contribution in [0.3, 0.4) is 0 Å².